The zero-order valence-electron chi connectivity index (χ0n) is 18.3. The molecule has 4 nitrogen and oxygen atoms in total. The molecule has 0 aliphatic rings. The first-order chi connectivity index (χ1) is 12.4. The van der Waals surface area contributed by atoms with Crippen LogP contribution in [0.15, 0.2) is 0 Å². The maximum Gasteiger partial charge on any atom is 1.00 e. The summed E-state index contributed by atoms with van der Waals surface area (Å²) in [6, 6.07) is 0. The van der Waals surface area contributed by atoms with E-state index in [2.05, 4.69) is 6.92 Å². The smallest absolute Gasteiger partial charge is 0.748 e. The zero-order valence-corrected chi connectivity index (χ0v) is 21.1. The van der Waals surface area contributed by atoms with Crippen LogP contribution in [0.4, 0.5) is 0 Å². The van der Waals surface area contributed by atoms with Crippen molar-refractivity contribution in [2.45, 2.75) is 134 Å². The summed E-state index contributed by atoms with van der Waals surface area (Å²) in [6.07, 6.45) is 17.1. The van der Waals surface area contributed by atoms with Crippen LogP contribution < -0.4 is 29.6 Å². The molecule has 2 unspecified atom stereocenters. The molecule has 1 N–H and O–H groups in total. The summed E-state index contributed by atoms with van der Waals surface area (Å²) in [4.78, 5) is 0. The minimum Gasteiger partial charge on any atom is -0.748 e. The van der Waals surface area contributed by atoms with Crippen molar-refractivity contribution in [2.24, 2.45) is 0 Å². The molecule has 27 heavy (non-hydrogen) atoms. The first kappa shape index (κ1) is 30.1. The van der Waals surface area contributed by atoms with Gasteiger partial charge >= 0.3 is 29.6 Å². The van der Waals surface area contributed by atoms with Gasteiger partial charge in [0, 0.05) is 5.25 Å². The van der Waals surface area contributed by atoms with Gasteiger partial charge in [-0.25, -0.2) is 8.42 Å². The molecular formula is C21H43NaO4S. The Morgan fingerprint density at radius 2 is 1.07 bits per heavy atom. The molecule has 0 saturated heterocycles. The van der Waals surface area contributed by atoms with Gasteiger partial charge in [-0.2, -0.15) is 0 Å². The predicted molar refractivity (Wildman–Crippen MR) is 109 cm³/mol. The van der Waals surface area contributed by atoms with E-state index < -0.39 is 15.4 Å². The molecule has 0 saturated carbocycles. The van der Waals surface area contributed by atoms with Gasteiger partial charge in [0.15, 0.2) is 0 Å². The maximum atomic E-state index is 11.4. The molecule has 0 amide bonds. The van der Waals surface area contributed by atoms with Crippen molar-refractivity contribution in [3.05, 3.63) is 0 Å². The second-order valence-corrected chi connectivity index (χ2v) is 9.44. The molecule has 0 aromatic carbocycles. The SMILES string of the molecule is CCCCCCCCCCCCCC(CCCCC(O)CC)S(=O)(=O)[O-].[Na+]. The molecule has 0 rings (SSSR count). The standard InChI is InChI=1S/C21H44O4S.Na/c1-3-5-6-7-8-9-10-11-12-13-14-18-21(26(23,24)25)19-16-15-17-20(22)4-2;/h20-22H,3-19H2,1-2H3,(H,23,24,25);/q;+1/p-1. The molecule has 0 aromatic rings. The Balaban J connectivity index is 0. The van der Waals surface area contributed by atoms with Gasteiger partial charge < -0.3 is 9.66 Å². The molecule has 0 fully saturated rings. The predicted octanol–water partition coefficient (Wildman–Crippen LogP) is 2.94. The van der Waals surface area contributed by atoms with Crippen LogP contribution in [0.1, 0.15) is 123 Å². The number of rotatable bonds is 19. The third-order valence-corrected chi connectivity index (χ3v) is 6.61. The first-order valence-electron chi connectivity index (χ1n) is 11.0. The number of aliphatic hydroxyl groups excluding tert-OH is 1. The van der Waals surface area contributed by atoms with E-state index in [-0.39, 0.29) is 35.7 Å². The molecule has 0 bridgehead atoms. The van der Waals surface area contributed by atoms with Crippen LogP contribution in [-0.2, 0) is 10.1 Å². The van der Waals surface area contributed by atoms with E-state index in [1.807, 2.05) is 6.92 Å². The van der Waals surface area contributed by atoms with Crippen molar-refractivity contribution >= 4 is 10.1 Å². The fourth-order valence-corrected chi connectivity index (χ4v) is 4.34. The van der Waals surface area contributed by atoms with Crippen LogP contribution in [0.25, 0.3) is 0 Å². The van der Waals surface area contributed by atoms with Gasteiger partial charge in [0.1, 0.15) is 0 Å². The number of aliphatic hydroxyl groups is 1. The minimum absolute atomic E-state index is 0. The van der Waals surface area contributed by atoms with Crippen LogP contribution in [0.5, 0.6) is 0 Å². The van der Waals surface area contributed by atoms with Crippen LogP contribution in [0.2, 0.25) is 0 Å². The summed E-state index contributed by atoms with van der Waals surface area (Å²) in [7, 11) is -4.20. The Labute approximate surface area is 191 Å². The van der Waals surface area contributed by atoms with Crippen molar-refractivity contribution in [2.75, 3.05) is 0 Å². The summed E-state index contributed by atoms with van der Waals surface area (Å²) in [5.41, 5.74) is 0. The Hall–Kier alpha value is 0.870. The largest absolute Gasteiger partial charge is 1.00 e. The van der Waals surface area contributed by atoms with Crippen molar-refractivity contribution in [1.82, 2.24) is 0 Å². The summed E-state index contributed by atoms with van der Waals surface area (Å²) >= 11 is 0. The van der Waals surface area contributed by atoms with E-state index in [0.29, 0.717) is 25.7 Å². The average Bonchev–Trinajstić information content (AvgIpc) is 2.59. The van der Waals surface area contributed by atoms with Crippen molar-refractivity contribution in [3.63, 3.8) is 0 Å². The summed E-state index contributed by atoms with van der Waals surface area (Å²) in [5.74, 6) is 0. The van der Waals surface area contributed by atoms with Crippen molar-refractivity contribution < 1.29 is 47.6 Å². The summed E-state index contributed by atoms with van der Waals surface area (Å²) in [5, 5.41) is 8.78. The fraction of sp³-hybridized carbons (Fsp3) is 1.00. The molecule has 0 radical (unpaired) electrons. The maximum absolute atomic E-state index is 11.4. The molecule has 0 aliphatic heterocycles. The van der Waals surface area contributed by atoms with Crippen molar-refractivity contribution in [1.29, 1.82) is 0 Å². The molecule has 0 spiro atoms. The van der Waals surface area contributed by atoms with Crippen LogP contribution >= 0.6 is 0 Å². The number of hydrogen-bond acceptors (Lipinski definition) is 4. The van der Waals surface area contributed by atoms with Gasteiger partial charge in [-0.3, -0.25) is 0 Å². The number of hydrogen-bond donors (Lipinski definition) is 1. The summed E-state index contributed by atoms with van der Waals surface area (Å²) in [6.45, 7) is 4.17. The van der Waals surface area contributed by atoms with Crippen molar-refractivity contribution in [3.8, 4) is 0 Å². The molecule has 2 atom stereocenters. The van der Waals surface area contributed by atoms with E-state index >= 15 is 0 Å². The third-order valence-electron chi connectivity index (χ3n) is 5.32. The fourth-order valence-electron chi connectivity index (χ4n) is 3.43. The van der Waals surface area contributed by atoms with Gasteiger partial charge in [0.05, 0.1) is 16.2 Å². The Morgan fingerprint density at radius 3 is 1.48 bits per heavy atom. The molecule has 0 aliphatic carbocycles. The summed E-state index contributed by atoms with van der Waals surface area (Å²) < 4.78 is 34.3. The van der Waals surface area contributed by atoms with Gasteiger partial charge in [0.2, 0.25) is 0 Å². The molecule has 158 valence electrons. The van der Waals surface area contributed by atoms with E-state index in [1.165, 1.54) is 51.4 Å². The average molecular weight is 415 g/mol. The van der Waals surface area contributed by atoms with Gasteiger partial charge in [-0.15, -0.1) is 0 Å². The second-order valence-electron chi connectivity index (χ2n) is 7.79. The Kier molecular flexibility index (Phi) is 22.4. The monoisotopic (exact) mass is 414 g/mol. The topological polar surface area (TPSA) is 77.4 Å². The normalized spacial score (nSPS) is 13.9. The minimum atomic E-state index is -4.20. The third kappa shape index (κ3) is 19.9. The van der Waals surface area contributed by atoms with Gasteiger partial charge in [0.25, 0.3) is 0 Å². The second kappa shape index (κ2) is 20.2. The Morgan fingerprint density at radius 1 is 0.704 bits per heavy atom. The van der Waals surface area contributed by atoms with E-state index in [9.17, 15) is 18.1 Å². The Bertz CT molecular complexity index is 401. The van der Waals surface area contributed by atoms with Crippen LogP contribution in [0.3, 0.4) is 0 Å². The van der Waals surface area contributed by atoms with E-state index in [1.54, 1.807) is 0 Å². The molecule has 6 heteroatoms. The molecule has 0 heterocycles. The zero-order chi connectivity index (χ0) is 19.7. The van der Waals surface area contributed by atoms with Crippen LogP contribution in [0, 0.1) is 0 Å². The molecular weight excluding hydrogens is 371 g/mol. The van der Waals surface area contributed by atoms with Crippen LogP contribution in [-0.4, -0.2) is 29.4 Å². The molecule has 0 aromatic heterocycles. The van der Waals surface area contributed by atoms with E-state index in [0.717, 1.165) is 32.1 Å². The van der Waals surface area contributed by atoms with E-state index in [4.69, 9.17) is 0 Å². The van der Waals surface area contributed by atoms with Gasteiger partial charge in [-0.1, -0.05) is 97.3 Å². The van der Waals surface area contributed by atoms with Gasteiger partial charge in [-0.05, 0) is 25.7 Å². The quantitative estimate of drug-likeness (QED) is 0.200. The number of unbranched alkanes of at least 4 members (excludes halogenated alkanes) is 11. The first-order valence-corrected chi connectivity index (χ1v) is 12.5.